The number of carbonyl (C=O) groups excluding carboxylic acids is 2. The van der Waals surface area contributed by atoms with Gasteiger partial charge in [0.1, 0.15) is 11.4 Å². The van der Waals surface area contributed by atoms with Gasteiger partial charge >= 0.3 is 6.09 Å². The van der Waals surface area contributed by atoms with E-state index < -0.39 is 11.7 Å². The van der Waals surface area contributed by atoms with Crippen LogP contribution in [0.5, 0.6) is 0 Å². The number of rotatable bonds is 6. The van der Waals surface area contributed by atoms with Crippen molar-refractivity contribution in [2.24, 2.45) is 0 Å². The molecule has 11 nitrogen and oxygen atoms in total. The molecule has 0 atom stereocenters. The minimum Gasteiger partial charge on any atom is -0.444 e. The Morgan fingerprint density at radius 1 is 1.12 bits per heavy atom. The molecule has 3 N–H and O–H groups in total. The number of amides is 2. The van der Waals surface area contributed by atoms with Gasteiger partial charge in [0.05, 0.1) is 5.52 Å². The summed E-state index contributed by atoms with van der Waals surface area (Å²) < 4.78 is 5.48. The molecule has 2 aliphatic rings. The molecule has 214 valence electrons. The fraction of sp³-hybridized carbons (Fsp3) is 0.552. The fourth-order valence-corrected chi connectivity index (χ4v) is 5.03. The van der Waals surface area contributed by atoms with E-state index in [2.05, 4.69) is 32.7 Å². The van der Waals surface area contributed by atoms with Gasteiger partial charge in [0.25, 0.3) is 5.91 Å². The maximum atomic E-state index is 12.7. The smallest absolute Gasteiger partial charge is 0.408 e. The summed E-state index contributed by atoms with van der Waals surface area (Å²) in [4.78, 5) is 38.7. The van der Waals surface area contributed by atoms with Gasteiger partial charge in [0, 0.05) is 60.8 Å². The van der Waals surface area contributed by atoms with E-state index in [-0.39, 0.29) is 11.4 Å². The topological polar surface area (TPSA) is 128 Å². The van der Waals surface area contributed by atoms with E-state index in [1.54, 1.807) is 25.1 Å². The number of nitrogens with one attached hydrogen (secondary N) is 3. The Bertz CT molecular complexity index is 1430. The monoisotopic (exact) mass is 548 g/mol. The molecule has 1 saturated carbocycles. The number of benzene rings is 1. The molecule has 3 heterocycles. The second-order valence-electron chi connectivity index (χ2n) is 12.5. The van der Waals surface area contributed by atoms with E-state index in [1.165, 1.54) is 12.8 Å². The number of hydrogen-bond donors (Lipinski definition) is 3. The van der Waals surface area contributed by atoms with E-state index in [4.69, 9.17) is 14.7 Å². The number of alkyl carbamates (subject to hydrolysis) is 1. The first-order chi connectivity index (χ1) is 18.8. The van der Waals surface area contributed by atoms with Gasteiger partial charge in [-0.2, -0.15) is 10.1 Å². The summed E-state index contributed by atoms with van der Waals surface area (Å²) in [6.45, 7) is 11.0. The Morgan fingerprint density at radius 2 is 1.82 bits per heavy atom. The number of ether oxygens (including phenoxy) is 1. The molecule has 1 aromatic carbocycles. The highest BCUT2D eigenvalue weighted by molar-refractivity contribution is 6.01. The Kier molecular flexibility index (Phi) is 7.09. The SMILES string of the molecule is Cc1c(Nc2nc(N3CCC(C)(NC(=O)OC(C)(C)C)CC3)nc3ccc(C(=O)N(C)C)cc23)n[nH]c1C1CC1. The third-order valence-corrected chi connectivity index (χ3v) is 7.56. The Hall–Kier alpha value is -3.89. The summed E-state index contributed by atoms with van der Waals surface area (Å²) in [6, 6.07) is 5.51. The van der Waals surface area contributed by atoms with E-state index in [0.29, 0.717) is 36.3 Å². The van der Waals surface area contributed by atoms with Crippen LogP contribution in [0.2, 0.25) is 0 Å². The van der Waals surface area contributed by atoms with Crippen molar-refractivity contribution in [2.75, 3.05) is 37.4 Å². The van der Waals surface area contributed by atoms with Gasteiger partial charge in [-0.05, 0) is 78.5 Å². The molecule has 3 aromatic rings. The maximum Gasteiger partial charge on any atom is 0.408 e. The highest BCUT2D eigenvalue weighted by Crippen LogP contribution is 2.42. The van der Waals surface area contributed by atoms with Crippen LogP contribution in [-0.2, 0) is 4.74 Å². The van der Waals surface area contributed by atoms with Gasteiger partial charge in [-0.15, -0.1) is 0 Å². The number of H-pyrrole nitrogens is 1. The first kappa shape index (κ1) is 27.7. The minimum atomic E-state index is -0.549. The predicted molar refractivity (Wildman–Crippen MR) is 155 cm³/mol. The zero-order valence-electron chi connectivity index (χ0n) is 24.5. The number of anilines is 3. The largest absolute Gasteiger partial charge is 0.444 e. The predicted octanol–water partition coefficient (Wildman–Crippen LogP) is 4.87. The number of nitrogens with zero attached hydrogens (tertiary/aromatic N) is 5. The number of aromatic nitrogens is 4. The van der Waals surface area contributed by atoms with Crippen molar-refractivity contribution < 1.29 is 14.3 Å². The lowest BCUT2D eigenvalue weighted by Gasteiger charge is -2.40. The van der Waals surface area contributed by atoms with Gasteiger partial charge in [0.15, 0.2) is 5.82 Å². The summed E-state index contributed by atoms with van der Waals surface area (Å²) >= 11 is 0. The maximum absolute atomic E-state index is 12.7. The van der Waals surface area contributed by atoms with Crippen molar-refractivity contribution in [2.45, 2.75) is 77.4 Å². The summed E-state index contributed by atoms with van der Waals surface area (Å²) in [7, 11) is 3.47. The van der Waals surface area contributed by atoms with Crippen molar-refractivity contribution in [3.63, 3.8) is 0 Å². The van der Waals surface area contributed by atoms with E-state index >= 15 is 0 Å². The molecule has 11 heteroatoms. The molecular formula is C29H40N8O3. The molecule has 40 heavy (non-hydrogen) atoms. The van der Waals surface area contributed by atoms with Crippen LogP contribution in [0.4, 0.5) is 22.4 Å². The molecule has 0 bridgehead atoms. The molecule has 1 aliphatic carbocycles. The quantitative estimate of drug-likeness (QED) is 0.398. The molecule has 2 aromatic heterocycles. The highest BCUT2D eigenvalue weighted by Gasteiger charge is 2.34. The molecule has 2 fully saturated rings. The van der Waals surface area contributed by atoms with Gasteiger partial charge in [-0.3, -0.25) is 9.89 Å². The normalized spacial score (nSPS) is 17.0. The van der Waals surface area contributed by atoms with Crippen LogP contribution in [0.3, 0.4) is 0 Å². The van der Waals surface area contributed by atoms with Crippen LogP contribution in [0.25, 0.3) is 10.9 Å². The van der Waals surface area contributed by atoms with Crippen LogP contribution in [0, 0.1) is 6.92 Å². The van der Waals surface area contributed by atoms with Crippen LogP contribution in [0.15, 0.2) is 18.2 Å². The van der Waals surface area contributed by atoms with Crippen LogP contribution < -0.4 is 15.5 Å². The first-order valence-electron chi connectivity index (χ1n) is 13.9. The molecule has 5 rings (SSSR count). The standard InChI is InChI=1S/C29H40N8O3/c1-17-22(18-8-9-18)34-35-23(17)31-24-20-16-19(25(38)36(6)7)10-11-21(20)30-26(32-24)37-14-12-29(5,13-15-37)33-27(39)40-28(2,3)4/h10-11,16,18H,8-9,12-15H2,1-7H3,(H,33,39)(H2,30,31,32,34,35). The molecule has 2 amide bonds. The lowest BCUT2D eigenvalue weighted by atomic mass is 9.90. The van der Waals surface area contributed by atoms with Gasteiger partial charge in [0.2, 0.25) is 5.95 Å². The van der Waals surface area contributed by atoms with Gasteiger partial charge < -0.3 is 25.2 Å². The third-order valence-electron chi connectivity index (χ3n) is 7.56. The Balaban J connectivity index is 1.43. The van der Waals surface area contributed by atoms with E-state index in [0.717, 1.165) is 40.8 Å². The van der Waals surface area contributed by atoms with Crippen molar-refractivity contribution >= 4 is 40.5 Å². The highest BCUT2D eigenvalue weighted by atomic mass is 16.6. The first-order valence-corrected chi connectivity index (χ1v) is 13.9. The lowest BCUT2D eigenvalue weighted by Crippen LogP contribution is -2.54. The van der Waals surface area contributed by atoms with Gasteiger partial charge in [-0.25, -0.2) is 9.78 Å². The average Bonchev–Trinajstić information content (AvgIpc) is 3.65. The van der Waals surface area contributed by atoms with Crippen LogP contribution >= 0.6 is 0 Å². The second-order valence-corrected chi connectivity index (χ2v) is 12.5. The summed E-state index contributed by atoms with van der Waals surface area (Å²) in [5.74, 6) is 2.38. The Labute approximate surface area is 235 Å². The van der Waals surface area contributed by atoms with Gasteiger partial charge in [-0.1, -0.05) is 0 Å². The van der Waals surface area contributed by atoms with Crippen molar-refractivity contribution in [1.29, 1.82) is 0 Å². The van der Waals surface area contributed by atoms with Crippen LogP contribution in [-0.4, -0.2) is 75.4 Å². The molecule has 1 saturated heterocycles. The van der Waals surface area contributed by atoms with E-state index in [1.807, 2.05) is 39.8 Å². The van der Waals surface area contributed by atoms with Crippen molar-refractivity contribution in [3.8, 4) is 0 Å². The lowest BCUT2D eigenvalue weighted by molar-refractivity contribution is 0.0448. The number of aromatic amines is 1. The fourth-order valence-electron chi connectivity index (χ4n) is 5.03. The molecule has 0 unspecified atom stereocenters. The van der Waals surface area contributed by atoms with Crippen molar-refractivity contribution in [3.05, 3.63) is 35.0 Å². The van der Waals surface area contributed by atoms with Crippen molar-refractivity contribution in [1.82, 2.24) is 30.4 Å². The third kappa shape index (κ3) is 5.97. The Morgan fingerprint density at radius 3 is 2.45 bits per heavy atom. The minimum absolute atomic E-state index is 0.0864. The molecule has 1 aliphatic heterocycles. The second kappa shape index (κ2) is 10.3. The summed E-state index contributed by atoms with van der Waals surface area (Å²) in [6.07, 6.45) is 3.39. The molecule has 0 radical (unpaired) electrons. The molecular weight excluding hydrogens is 508 g/mol. The zero-order valence-corrected chi connectivity index (χ0v) is 24.5. The average molecular weight is 549 g/mol. The zero-order chi connectivity index (χ0) is 28.8. The van der Waals surface area contributed by atoms with Crippen LogP contribution in [0.1, 0.15) is 80.9 Å². The molecule has 0 spiro atoms. The number of fused-ring (bicyclic) bond motifs is 1. The summed E-state index contributed by atoms with van der Waals surface area (Å²) in [5, 5.41) is 15.0. The van der Waals surface area contributed by atoms with E-state index in [9.17, 15) is 9.59 Å². The number of carbonyl (C=O) groups is 2. The number of hydrogen-bond acceptors (Lipinski definition) is 8. The number of piperidine rings is 1. The summed E-state index contributed by atoms with van der Waals surface area (Å²) in [5.41, 5.74) is 2.61.